The summed E-state index contributed by atoms with van der Waals surface area (Å²) < 4.78 is 28.3. The van der Waals surface area contributed by atoms with Crippen molar-refractivity contribution in [3.05, 3.63) is 52.5 Å². The summed E-state index contributed by atoms with van der Waals surface area (Å²) in [7, 11) is -3.44. The number of amides is 1. The first-order valence-electron chi connectivity index (χ1n) is 9.77. The molecule has 1 amide bonds. The average molecular weight is 495 g/mol. The summed E-state index contributed by atoms with van der Waals surface area (Å²) in [6.45, 7) is 1.86. The van der Waals surface area contributed by atoms with Crippen LogP contribution in [-0.2, 0) is 21.2 Å². The van der Waals surface area contributed by atoms with Gasteiger partial charge in [-0.1, -0.05) is 22.0 Å². The Hall–Kier alpha value is -1.35. The van der Waals surface area contributed by atoms with Crippen molar-refractivity contribution >= 4 is 49.3 Å². The van der Waals surface area contributed by atoms with Gasteiger partial charge in [0.15, 0.2) is 0 Å². The number of aryl methyl sites for hydroxylation is 1. The highest BCUT2D eigenvalue weighted by Gasteiger charge is 2.29. The molecule has 2 heterocycles. The Bertz CT molecular complexity index is 1020. The maximum Gasteiger partial charge on any atom is 0.243 e. The van der Waals surface area contributed by atoms with Crippen molar-refractivity contribution < 1.29 is 13.2 Å². The zero-order valence-corrected chi connectivity index (χ0v) is 19.2. The number of thioether (sulfide) groups is 1. The highest BCUT2D eigenvalue weighted by molar-refractivity contribution is 9.10. The zero-order chi connectivity index (χ0) is 20.4. The summed E-state index contributed by atoms with van der Waals surface area (Å²) in [6.07, 6.45) is 3.47. The van der Waals surface area contributed by atoms with Crippen LogP contribution in [0.2, 0.25) is 0 Å². The van der Waals surface area contributed by atoms with Gasteiger partial charge in [-0.25, -0.2) is 8.42 Å². The zero-order valence-electron chi connectivity index (χ0n) is 16.0. The Kier molecular flexibility index (Phi) is 6.34. The molecule has 2 aliphatic heterocycles. The minimum Gasteiger partial charge on any atom is -0.311 e. The first-order chi connectivity index (χ1) is 13.9. The fraction of sp³-hybridized carbons (Fsp3) is 0.381. The lowest BCUT2D eigenvalue weighted by molar-refractivity contribution is -0.116. The van der Waals surface area contributed by atoms with Crippen LogP contribution >= 0.6 is 27.7 Å². The number of benzene rings is 2. The molecule has 0 radical (unpaired) electrons. The predicted octanol–water partition coefficient (Wildman–Crippen LogP) is 4.31. The number of sulfonamides is 1. The predicted molar refractivity (Wildman–Crippen MR) is 120 cm³/mol. The van der Waals surface area contributed by atoms with Gasteiger partial charge in [0, 0.05) is 34.7 Å². The molecule has 8 heteroatoms. The third-order valence-corrected chi connectivity index (χ3v) is 8.70. The number of halogens is 1. The second-order valence-corrected chi connectivity index (χ2v) is 11.2. The van der Waals surface area contributed by atoms with E-state index in [9.17, 15) is 13.2 Å². The highest BCUT2D eigenvalue weighted by Crippen LogP contribution is 2.32. The van der Waals surface area contributed by atoms with Crippen LogP contribution in [0.25, 0.3) is 0 Å². The molecule has 2 aliphatic rings. The molecule has 0 atom stereocenters. The number of fused-ring (bicyclic) bond motifs is 1. The average Bonchev–Trinajstić information content (AvgIpc) is 3.27. The fourth-order valence-electron chi connectivity index (χ4n) is 3.85. The third-order valence-electron chi connectivity index (χ3n) is 5.33. The number of carbonyl (C=O) groups excluding carboxylic acids is 1. The Balaban J connectivity index is 1.51. The maximum absolute atomic E-state index is 12.9. The summed E-state index contributed by atoms with van der Waals surface area (Å²) in [5.41, 5.74) is 1.79. The Morgan fingerprint density at radius 1 is 1.03 bits per heavy atom. The minimum absolute atomic E-state index is 0.0473. The Morgan fingerprint density at radius 3 is 2.59 bits per heavy atom. The number of rotatable bonds is 5. The molecule has 1 fully saturated rings. The van der Waals surface area contributed by atoms with Gasteiger partial charge in [-0.05, 0) is 67.6 Å². The summed E-state index contributed by atoms with van der Waals surface area (Å²) in [4.78, 5) is 16.1. The molecule has 0 spiro atoms. The summed E-state index contributed by atoms with van der Waals surface area (Å²) in [5, 5.41) is 0. The summed E-state index contributed by atoms with van der Waals surface area (Å²) >= 11 is 4.96. The van der Waals surface area contributed by atoms with Crippen molar-refractivity contribution in [2.24, 2.45) is 0 Å². The number of carbonyl (C=O) groups is 1. The number of anilines is 1. The van der Waals surface area contributed by atoms with E-state index >= 15 is 0 Å². The van der Waals surface area contributed by atoms with Crippen LogP contribution in [-0.4, -0.2) is 44.0 Å². The van der Waals surface area contributed by atoms with E-state index in [0.717, 1.165) is 46.3 Å². The van der Waals surface area contributed by atoms with Crippen LogP contribution in [0.3, 0.4) is 0 Å². The molecule has 154 valence electrons. The van der Waals surface area contributed by atoms with Gasteiger partial charge in [-0.3, -0.25) is 4.79 Å². The van der Waals surface area contributed by atoms with Crippen LogP contribution in [0.15, 0.2) is 56.7 Å². The van der Waals surface area contributed by atoms with Crippen LogP contribution in [0.1, 0.15) is 24.8 Å². The maximum atomic E-state index is 12.9. The Labute approximate surface area is 184 Å². The van der Waals surface area contributed by atoms with Gasteiger partial charge in [0.2, 0.25) is 15.9 Å². The molecule has 29 heavy (non-hydrogen) atoms. The van der Waals surface area contributed by atoms with Crippen molar-refractivity contribution in [3.63, 3.8) is 0 Å². The van der Waals surface area contributed by atoms with Crippen molar-refractivity contribution in [2.75, 3.05) is 30.3 Å². The molecule has 0 bridgehead atoms. The second-order valence-electron chi connectivity index (χ2n) is 7.30. The summed E-state index contributed by atoms with van der Waals surface area (Å²) in [6, 6.07) is 13.1. The van der Waals surface area contributed by atoms with E-state index in [0.29, 0.717) is 30.3 Å². The molecule has 0 saturated carbocycles. The number of hydrogen-bond acceptors (Lipinski definition) is 4. The van der Waals surface area contributed by atoms with Gasteiger partial charge in [0.05, 0.1) is 10.6 Å². The third kappa shape index (κ3) is 4.55. The van der Waals surface area contributed by atoms with Crippen LogP contribution < -0.4 is 4.90 Å². The molecular formula is C21H23BrN2O3S2. The minimum atomic E-state index is -3.44. The van der Waals surface area contributed by atoms with E-state index in [4.69, 9.17) is 0 Å². The molecule has 4 rings (SSSR count). The van der Waals surface area contributed by atoms with E-state index in [1.807, 2.05) is 24.3 Å². The monoisotopic (exact) mass is 494 g/mol. The van der Waals surface area contributed by atoms with Gasteiger partial charge in [0.1, 0.15) is 0 Å². The van der Waals surface area contributed by atoms with Crippen molar-refractivity contribution in [1.29, 1.82) is 0 Å². The molecule has 2 aromatic rings. The molecule has 1 saturated heterocycles. The lowest BCUT2D eigenvalue weighted by Gasteiger charge is -2.30. The van der Waals surface area contributed by atoms with Crippen LogP contribution in [0.5, 0.6) is 0 Å². The molecule has 2 aromatic carbocycles. The van der Waals surface area contributed by atoms with E-state index in [1.54, 1.807) is 27.4 Å². The molecule has 0 unspecified atom stereocenters. The first kappa shape index (κ1) is 20.9. The van der Waals surface area contributed by atoms with Crippen molar-refractivity contribution in [1.82, 2.24) is 4.31 Å². The number of hydrogen-bond donors (Lipinski definition) is 0. The molecular weight excluding hydrogens is 472 g/mol. The largest absolute Gasteiger partial charge is 0.311 e. The first-order valence-corrected chi connectivity index (χ1v) is 13.0. The van der Waals surface area contributed by atoms with Gasteiger partial charge in [-0.2, -0.15) is 4.31 Å². The van der Waals surface area contributed by atoms with E-state index in [-0.39, 0.29) is 5.91 Å². The van der Waals surface area contributed by atoms with Gasteiger partial charge in [0.25, 0.3) is 0 Å². The van der Waals surface area contributed by atoms with Crippen molar-refractivity contribution in [3.8, 4) is 0 Å². The lowest BCUT2D eigenvalue weighted by atomic mass is 10.0. The summed E-state index contributed by atoms with van der Waals surface area (Å²) in [5.74, 6) is 0.398. The quantitative estimate of drug-likeness (QED) is 0.581. The van der Waals surface area contributed by atoms with Gasteiger partial charge < -0.3 is 4.90 Å². The van der Waals surface area contributed by atoms with E-state index < -0.39 is 10.0 Å². The van der Waals surface area contributed by atoms with E-state index in [2.05, 4.69) is 15.9 Å². The standard InChI is InChI=1S/C21H23BrN2O3S2/c22-17-6-3-7-18(14-17)28-15-21(25)24-12-4-5-16-13-19(8-9-20(16)24)29(26,27)23-10-1-2-11-23/h3,6-9,13-14H,1-2,4-5,10-12,15H2. The Morgan fingerprint density at radius 2 is 1.83 bits per heavy atom. The van der Waals surface area contributed by atoms with Crippen molar-refractivity contribution in [2.45, 2.75) is 35.5 Å². The smallest absolute Gasteiger partial charge is 0.243 e. The molecule has 0 aromatic heterocycles. The van der Waals surface area contributed by atoms with Gasteiger partial charge in [-0.15, -0.1) is 11.8 Å². The highest BCUT2D eigenvalue weighted by atomic mass is 79.9. The molecule has 0 aliphatic carbocycles. The number of nitrogens with zero attached hydrogens (tertiary/aromatic N) is 2. The normalized spacial score (nSPS) is 17.3. The van der Waals surface area contributed by atoms with Crippen LogP contribution in [0, 0.1) is 0 Å². The molecule has 5 nitrogen and oxygen atoms in total. The van der Waals surface area contributed by atoms with Gasteiger partial charge >= 0.3 is 0 Å². The second kappa shape index (κ2) is 8.79. The molecule has 0 N–H and O–H groups in total. The van der Waals surface area contributed by atoms with Crippen LogP contribution in [0.4, 0.5) is 5.69 Å². The van der Waals surface area contributed by atoms with E-state index in [1.165, 1.54) is 11.8 Å². The SMILES string of the molecule is O=C(CSc1cccc(Br)c1)N1CCCc2cc(S(=O)(=O)N3CCCC3)ccc21. The fourth-order valence-corrected chi connectivity index (χ4v) is 6.80. The topological polar surface area (TPSA) is 57.7 Å². The lowest BCUT2D eigenvalue weighted by Crippen LogP contribution is -2.37.